The Labute approximate surface area is 113 Å². The maximum absolute atomic E-state index is 9.35. The standard InChI is InChI=1S/C16H31NO/c1-15(2,3)13-5-4-6-14(8-7-13)17-11-16(12-18)9-10-16/h13-14,17-18H,4-12H2,1-3H3. The van der Waals surface area contributed by atoms with E-state index in [0.29, 0.717) is 18.1 Å². The number of hydrogen-bond acceptors (Lipinski definition) is 2. The third-order valence-electron chi connectivity index (χ3n) is 5.25. The second kappa shape index (κ2) is 5.50. The summed E-state index contributed by atoms with van der Waals surface area (Å²) in [6.07, 6.45) is 9.21. The Balaban J connectivity index is 1.75. The van der Waals surface area contributed by atoms with E-state index in [4.69, 9.17) is 0 Å². The van der Waals surface area contributed by atoms with Gasteiger partial charge in [0, 0.05) is 24.6 Å². The minimum atomic E-state index is 0.260. The SMILES string of the molecule is CC(C)(C)C1CCCC(NCC2(CO)CC2)CC1. The smallest absolute Gasteiger partial charge is 0.0499 e. The Morgan fingerprint density at radius 2 is 1.83 bits per heavy atom. The molecule has 0 aromatic heterocycles. The van der Waals surface area contributed by atoms with Gasteiger partial charge in [-0.25, -0.2) is 0 Å². The predicted octanol–water partition coefficient (Wildman–Crippen LogP) is 3.34. The third-order valence-corrected chi connectivity index (χ3v) is 5.25. The van der Waals surface area contributed by atoms with Gasteiger partial charge in [-0.1, -0.05) is 27.2 Å². The maximum Gasteiger partial charge on any atom is 0.0499 e. The van der Waals surface area contributed by atoms with Crippen LogP contribution in [-0.4, -0.2) is 24.3 Å². The van der Waals surface area contributed by atoms with Crippen LogP contribution in [0.3, 0.4) is 0 Å². The van der Waals surface area contributed by atoms with Crippen molar-refractivity contribution in [2.75, 3.05) is 13.2 Å². The van der Waals surface area contributed by atoms with Gasteiger partial charge < -0.3 is 10.4 Å². The normalized spacial score (nSPS) is 32.0. The molecule has 2 nitrogen and oxygen atoms in total. The van der Waals surface area contributed by atoms with Gasteiger partial charge in [0.05, 0.1) is 0 Å². The summed E-state index contributed by atoms with van der Waals surface area (Å²) >= 11 is 0. The molecule has 0 bridgehead atoms. The molecular formula is C16H31NO. The van der Waals surface area contributed by atoms with Gasteiger partial charge in [0.1, 0.15) is 0 Å². The molecule has 0 heterocycles. The monoisotopic (exact) mass is 253 g/mol. The van der Waals surface area contributed by atoms with Gasteiger partial charge >= 0.3 is 0 Å². The number of rotatable bonds is 4. The van der Waals surface area contributed by atoms with Crippen LogP contribution >= 0.6 is 0 Å². The van der Waals surface area contributed by atoms with E-state index in [1.54, 1.807) is 0 Å². The van der Waals surface area contributed by atoms with Crippen LogP contribution in [0.1, 0.15) is 65.7 Å². The Bertz CT molecular complexity index is 265. The molecule has 0 saturated heterocycles. The average Bonchev–Trinajstić information content (AvgIpc) is 3.10. The summed E-state index contributed by atoms with van der Waals surface area (Å²) in [6, 6.07) is 0.696. The molecule has 2 N–H and O–H groups in total. The molecule has 2 aliphatic carbocycles. The zero-order valence-electron chi connectivity index (χ0n) is 12.5. The highest BCUT2D eigenvalue weighted by Crippen LogP contribution is 2.44. The number of aliphatic hydroxyl groups excluding tert-OH is 1. The second-order valence-corrected chi connectivity index (χ2v) is 7.81. The van der Waals surface area contributed by atoms with Gasteiger partial charge in [0.15, 0.2) is 0 Å². The van der Waals surface area contributed by atoms with Crippen LogP contribution in [0, 0.1) is 16.7 Å². The zero-order chi connectivity index (χ0) is 13.2. The molecule has 0 aliphatic heterocycles. The van der Waals surface area contributed by atoms with Gasteiger partial charge in [-0.15, -0.1) is 0 Å². The summed E-state index contributed by atoms with van der Waals surface area (Å²) < 4.78 is 0. The highest BCUT2D eigenvalue weighted by Gasteiger charge is 2.42. The molecule has 18 heavy (non-hydrogen) atoms. The quantitative estimate of drug-likeness (QED) is 0.753. The van der Waals surface area contributed by atoms with Crippen LogP contribution in [0.25, 0.3) is 0 Å². The second-order valence-electron chi connectivity index (χ2n) is 7.81. The van der Waals surface area contributed by atoms with E-state index in [1.807, 2.05) is 0 Å². The van der Waals surface area contributed by atoms with Crippen LogP contribution < -0.4 is 5.32 Å². The summed E-state index contributed by atoms with van der Waals surface area (Å²) in [4.78, 5) is 0. The lowest BCUT2D eigenvalue weighted by Gasteiger charge is -2.29. The highest BCUT2D eigenvalue weighted by molar-refractivity contribution is 4.95. The van der Waals surface area contributed by atoms with Gasteiger partial charge in [0.2, 0.25) is 0 Å². The van der Waals surface area contributed by atoms with E-state index < -0.39 is 0 Å². The van der Waals surface area contributed by atoms with E-state index >= 15 is 0 Å². The maximum atomic E-state index is 9.35. The van der Waals surface area contributed by atoms with Crippen LogP contribution in [0.2, 0.25) is 0 Å². The molecule has 2 rings (SSSR count). The van der Waals surface area contributed by atoms with Crippen molar-refractivity contribution in [1.29, 1.82) is 0 Å². The van der Waals surface area contributed by atoms with Crippen LogP contribution in [0.5, 0.6) is 0 Å². The number of hydrogen-bond donors (Lipinski definition) is 2. The molecule has 2 heteroatoms. The van der Waals surface area contributed by atoms with E-state index in [9.17, 15) is 5.11 Å². The first-order chi connectivity index (χ1) is 8.45. The van der Waals surface area contributed by atoms with Gasteiger partial charge in [-0.3, -0.25) is 0 Å². The van der Waals surface area contributed by atoms with Crippen molar-refractivity contribution in [3.63, 3.8) is 0 Å². The summed E-state index contributed by atoms with van der Waals surface area (Å²) in [5.41, 5.74) is 0.730. The summed E-state index contributed by atoms with van der Waals surface area (Å²) in [5, 5.41) is 13.1. The Morgan fingerprint density at radius 1 is 1.11 bits per heavy atom. The van der Waals surface area contributed by atoms with E-state index in [0.717, 1.165) is 12.5 Å². The van der Waals surface area contributed by atoms with Crippen LogP contribution in [0.4, 0.5) is 0 Å². The zero-order valence-corrected chi connectivity index (χ0v) is 12.5. The molecule has 2 atom stereocenters. The first-order valence-electron chi connectivity index (χ1n) is 7.79. The van der Waals surface area contributed by atoms with Crippen molar-refractivity contribution in [2.24, 2.45) is 16.7 Å². The fraction of sp³-hybridized carbons (Fsp3) is 1.00. The van der Waals surface area contributed by atoms with Crippen LogP contribution in [-0.2, 0) is 0 Å². The Kier molecular flexibility index (Phi) is 4.38. The Hall–Kier alpha value is -0.0800. The molecule has 2 saturated carbocycles. The lowest BCUT2D eigenvalue weighted by atomic mass is 9.76. The summed E-state index contributed by atoms with van der Waals surface area (Å²) in [6.45, 7) is 8.56. The van der Waals surface area contributed by atoms with Crippen molar-refractivity contribution in [3.05, 3.63) is 0 Å². The Morgan fingerprint density at radius 3 is 2.39 bits per heavy atom. The summed E-state index contributed by atoms with van der Waals surface area (Å²) in [5.74, 6) is 0.886. The van der Waals surface area contributed by atoms with E-state index in [-0.39, 0.29) is 5.41 Å². The predicted molar refractivity (Wildman–Crippen MR) is 76.6 cm³/mol. The van der Waals surface area contributed by atoms with Crippen molar-refractivity contribution in [2.45, 2.75) is 71.8 Å². The topological polar surface area (TPSA) is 32.3 Å². The van der Waals surface area contributed by atoms with Crippen molar-refractivity contribution in [1.82, 2.24) is 5.32 Å². The fourth-order valence-electron chi connectivity index (χ4n) is 3.30. The molecule has 2 fully saturated rings. The minimum absolute atomic E-state index is 0.260. The molecule has 0 aromatic carbocycles. The molecule has 0 spiro atoms. The number of nitrogens with one attached hydrogen (secondary N) is 1. The van der Waals surface area contributed by atoms with E-state index in [2.05, 4.69) is 26.1 Å². The molecule has 0 amide bonds. The molecular weight excluding hydrogens is 222 g/mol. The first kappa shape index (κ1) is 14.3. The molecule has 0 aromatic rings. The van der Waals surface area contributed by atoms with Gasteiger partial charge in [-0.2, -0.15) is 0 Å². The molecule has 106 valence electrons. The lowest BCUT2D eigenvalue weighted by Crippen LogP contribution is -2.35. The van der Waals surface area contributed by atoms with Crippen molar-refractivity contribution in [3.8, 4) is 0 Å². The van der Waals surface area contributed by atoms with Crippen molar-refractivity contribution < 1.29 is 5.11 Å². The van der Waals surface area contributed by atoms with Gasteiger partial charge in [-0.05, 0) is 49.9 Å². The van der Waals surface area contributed by atoms with E-state index in [1.165, 1.54) is 44.9 Å². The largest absolute Gasteiger partial charge is 0.396 e. The van der Waals surface area contributed by atoms with Crippen molar-refractivity contribution >= 4 is 0 Å². The molecule has 2 aliphatic rings. The lowest BCUT2D eigenvalue weighted by molar-refractivity contribution is 0.199. The molecule has 2 unspecified atom stereocenters. The highest BCUT2D eigenvalue weighted by atomic mass is 16.3. The summed E-state index contributed by atoms with van der Waals surface area (Å²) in [7, 11) is 0. The first-order valence-corrected chi connectivity index (χ1v) is 7.79. The van der Waals surface area contributed by atoms with Gasteiger partial charge in [0.25, 0.3) is 0 Å². The minimum Gasteiger partial charge on any atom is -0.396 e. The van der Waals surface area contributed by atoms with Crippen LogP contribution in [0.15, 0.2) is 0 Å². The molecule has 0 radical (unpaired) electrons. The number of aliphatic hydroxyl groups is 1. The average molecular weight is 253 g/mol. The third kappa shape index (κ3) is 3.71. The fourth-order valence-corrected chi connectivity index (χ4v) is 3.30.